The van der Waals surface area contributed by atoms with Gasteiger partial charge < -0.3 is 10.5 Å². The zero-order valence-corrected chi connectivity index (χ0v) is 10.2. The van der Waals surface area contributed by atoms with Crippen LogP contribution in [0.5, 0.6) is 0 Å². The summed E-state index contributed by atoms with van der Waals surface area (Å²) in [6, 6.07) is 0. The van der Waals surface area contributed by atoms with E-state index in [0.29, 0.717) is 13.2 Å². The van der Waals surface area contributed by atoms with Crippen molar-refractivity contribution in [3.8, 4) is 0 Å². The van der Waals surface area contributed by atoms with Gasteiger partial charge in [0.05, 0.1) is 18.0 Å². The van der Waals surface area contributed by atoms with Crippen molar-refractivity contribution in [2.75, 3.05) is 7.11 Å². The van der Waals surface area contributed by atoms with Crippen LogP contribution >= 0.6 is 23.7 Å². The zero-order valence-electron chi connectivity index (χ0n) is 8.56. The molecule has 0 unspecified atom stereocenters. The Kier molecular flexibility index (Phi) is 4.04. The number of imidazole rings is 1. The van der Waals surface area contributed by atoms with Gasteiger partial charge in [-0.3, -0.25) is 0 Å². The molecule has 7 heteroatoms. The number of fused-ring (bicyclic) bond motifs is 1. The van der Waals surface area contributed by atoms with Gasteiger partial charge in [0.2, 0.25) is 4.96 Å². The normalized spacial score (nSPS) is 10.6. The second-order valence-corrected chi connectivity index (χ2v) is 4.01. The third-order valence-electron chi connectivity index (χ3n) is 2.00. The highest BCUT2D eigenvalue weighted by Crippen LogP contribution is 2.18. The standard InChI is InChI=1S/C8H12N4OS.ClH/c1-5-6(3-9)12-8(10-5)14-7(11-12)4-13-2;/h3-4,9H2,1-2H3;1H. The van der Waals surface area contributed by atoms with Crippen LogP contribution in [0, 0.1) is 6.92 Å². The lowest BCUT2D eigenvalue weighted by molar-refractivity contribution is 0.183. The number of aryl methyl sites for hydroxylation is 1. The molecule has 2 N–H and O–H groups in total. The molecule has 0 saturated heterocycles. The van der Waals surface area contributed by atoms with Crippen molar-refractivity contribution >= 4 is 28.7 Å². The molecule has 0 saturated carbocycles. The van der Waals surface area contributed by atoms with Crippen molar-refractivity contribution < 1.29 is 4.74 Å². The number of halogens is 1. The molecule has 2 rings (SSSR count). The Morgan fingerprint density at radius 1 is 1.53 bits per heavy atom. The van der Waals surface area contributed by atoms with Gasteiger partial charge in [-0.15, -0.1) is 12.4 Å². The Labute approximate surface area is 97.7 Å². The van der Waals surface area contributed by atoms with Crippen LogP contribution in [0.25, 0.3) is 4.96 Å². The van der Waals surface area contributed by atoms with E-state index in [1.807, 2.05) is 6.92 Å². The molecule has 0 spiro atoms. The first-order chi connectivity index (χ1) is 6.76. The highest BCUT2D eigenvalue weighted by Gasteiger charge is 2.11. The van der Waals surface area contributed by atoms with Gasteiger partial charge >= 0.3 is 0 Å². The van der Waals surface area contributed by atoms with Gasteiger partial charge in [0, 0.05) is 13.7 Å². The maximum absolute atomic E-state index is 5.62. The molecule has 0 radical (unpaired) electrons. The average molecular weight is 249 g/mol. The number of aromatic nitrogens is 3. The van der Waals surface area contributed by atoms with Crippen molar-refractivity contribution in [1.82, 2.24) is 14.6 Å². The average Bonchev–Trinajstić information content (AvgIpc) is 2.61. The van der Waals surface area contributed by atoms with E-state index in [4.69, 9.17) is 10.5 Å². The first-order valence-electron chi connectivity index (χ1n) is 4.29. The Morgan fingerprint density at radius 2 is 2.27 bits per heavy atom. The molecule has 0 atom stereocenters. The lowest BCUT2D eigenvalue weighted by atomic mass is 10.3. The Hall–Kier alpha value is -0.690. The summed E-state index contributed by atoms with van der Waals surface area (Å²) < 4.78 is 6.81. The van der Waals surface area contributed by atoms with Crippen molar-refractivity contribution in [2.24, 2.45) is 5.73 Å². The molecule has 5 nitrogen and oxygen atoms in total. The van der Waals surface area contributed by atoms with E-state index in [2.05, 4.69) is 10.1 Å². The minimum Gasteiger partial charge on any atom is -0.377 e. The molecule has 0 aliphatic carbocycles. The maximum atomic E-state index is 5.62. The number of hydrogen-bond acceptors (Lipinski definition) is 5. The largest absolute Gasteiger partial charge is 0.377 e. The monoisotopic (exact) mass is 248 g/mol. The fourth-order valence-corrected chi connectivity index (χ4v) is 2.28. The molecule has 0 fully saturated rings. The molecule has 0 amide bonds. The van der Waals surface area contributed by atoms with Gasteiger partial charge in [-0.1, -0.05) is 11.3 Å². The number of hydrogen-bond donors (Lipinski definition) is 1. The molecule has 2 aromatic heterocycles. The number of methoxy groups -OCH3 is 1. The van der Waals surface area contributed by atoms with Crippen LogP contribution in [0.1, 0.15) is 16.4 Å². The van der Waals surface area contributed by atoms with Crippen LogP contribution in [0.4, 0.5) is 0 Å². The summed E-state index contributed by atoms with van der Waals surface area (Å²) in [5.41, 5.74) is 7.54. The van der Waals surface area contributed by atoms with E-state index in [1.54, 1.807) is 11.6 Å². The predicted molar refractivity (Wildman–Crippen MR) is 61.5 cm³/mol. The van der Waals surface area contributed by atoms with Gasteiger partial charge in [0.15, 0.2) is 0 Å². The third-order valence-corrected chi connectivity index (χ3v) is 2.88. The molecule has 2 aromatic rings. The number of nitrogens with two attached hydrogens (primary N) is 1. The van der Waals surface area contributed by atoms with Crippen molar-refractivity contribution in [1.29, 1.82) is 0 Å². The molecule has 0 aromatic carbocycles. The van der Waals surface area contributed by atoms with E-state index in [1.165, 1.54) is 11.3 Å². The molecule has 0 aliphatic heterocycles. The summed E-state index contributed by atoms with van der Waals surface area (Å²) in [6.45, 7) is 2.93. The Bertz CT molecular complexity index is 453. The molecule has 0 aliphatic rings. The summed E-state index contributed by atoms with van der Waals surface area (Å²) in [6.07, 6.45) is 0. The van der Waals surface area contributed by atoms with E-state index < -0.39 is 0 Å². The van der Waals surface area contributed by atoms with Gasteiger partial charge in [0.25, 0.3) is 0 Å². The highest BCUT2D eigenvalue weighted by molar-refractivity contribution is 7.16. The zero-order chi connectivity index (χ0) is 10.1. The van der Waals surface area contributed by atoms with E-state index >= 15 is 0 Å². The minimum absolute atomic E-state index is 0. The molecule has 15 heavy (non-hydrogen) atoms. The number of ether oxygens (including phenoxy) is 1. The fourth-order valence-electron chi connectivity index (χ4n) is 1.35. The summed E-state index contributed by atoms with van der Waals surface area (Å²) >= 11 is 1.53. The van der Waals surface area contributed by atoms with Gasteiger partial charge in [-0.05, 0) is 6.92 Å². The van der Waals surface area contributed by atoms with Gasteiger partial charge in [-0.25, -0.2) is 9.50 Å². The summed E-state index contributed by atoms with van der Waals surface area (Å²) in [4.78, 5) is 5.25. The third kappa shape index (κ3) is 2.12. The van der Waals surface area contributed by atoms with Crippen LogP contribution in [0.3, 0.4) is 0 Å². The van der Waals surface area contributed by atoms with Gasteiger partial charge in [0.1, 0.15) is 5.01 Å². The van der Waals surface area contributed by atoms with Crippen molar-refractivity contribution in [3.05, 3.63) is 16.4 Å². The van der Waals surface area contributed by atoms with E-state index in [0.717, 1.165) is 21.4 Å². The fraction of sp³-hybridized carbons (Fsp3) is 0.500. The predicted octanol–water partition coefficient (Wildman–Crippen LogP) is 1.13. The van der Waals surface area contributed by atoms with Crippen LogP contribution < -0.4 is 5.73 Å². The number of nitrogens with zero attached hydrogens (tertiary/aromatic N) is 3. The second kappa shape index (κ2) is 4.89. The summed E-state index contributed by atoms with van der Waals surface area (Å²) in [5, 5.41) is 5.28. The van der Waals surface area contributed by atoms with E-state index in [9.17, 15) is 0 Å². The smallest absolute Gasteiger partial charge is 0.212 e. The highest BCUT2D eigenvalue weighted by atomic mass is 35.5. The summed E-state index contributed by atoms with van der Waals surface area (Å²) in [7, 11) is 1.65. The molecule has 84 valence electrons. The van der Waals surface area contributed by atoms with Crippen LogP contribution in [0.15, 0.2) is 0 Å². The maximum Gasteiger partial charge on any atom is 0.212 e. The lowest BCUT2D eigenvalue weighted by Crippen LogP contribution is -2.03. The molecular formula is C8H13ClN4OS. The first-order valence-corrected chi connectivity index (χ1v) is 5.11. The van der Waals surface area contributed by atoms with Gasteiger partial charge in [-0.2, -0.15) is 5.10 Å². The molecule has 2 heterocycles. The van der Waals surface area contributed by atoms with Crippen LogP contribution in [0.2, 0.25) is 0 Å². The molecule has 0 bridgehead atoms. The van der Waals surface area contributed by atoms with Crippen molar-refractivity contribution in [2.45, 2.75) is 20.1 Å². The van der Waals surface area contributed by atoms with Crippen LogP contribution in [-0.4, -0.2) is 21.7 Å². The van der Waals surface area contributed by atoms with Crippen molar-refractivity contribution in [3.63, 3.8) is 0 Å². The Morgan fingerprint density at radius 3 is 2.87 bits per heavy atom. The first kappa shape index (κ1) is 12.4. The Balaban J connectivity index is 0.00000112. The van der Waals surface area contributed by atoms with E-state index in [-0.39, 0.29) is 12.4 Å². The minimum atomic E-state index is 0. The SMILES string of the molecule is COCc1nn2c(CN)c(C)nc2s1.Cl. The molecular weight excluding hydrogens is 236 g/mol. The second-order valence-electron chi connectivity index (χ2n) is 2.97. The van der Waals surface area contributed by atoms with Crippen LogP contribution in [-0.2, 0) is 17.9 Å². The quantitative estimate of drug-likeness (QED) is 0.884. The lowest BCUT2D eigenvalue weighted by Gasteiger charge is -1.94. The summed E-state index contributed by atoms with van der Waals surface area (Å²) in [5.74, 6) is 0. The topological polar surface area (TPSA) is 65.4 Å². The number of rotatable bonds is 3.